The minimum Gasteiger partial charge on any atom is -0.455 e. The molecule has 87 heavy (non-hydrogen) atoms. The fourth-order valence-corrected chi connectivity index (χ4v) is 15.9. The zero-order valence-electron chi connectivity index (χ0n) is 53.6. The molecule has 0 amide bonds. The first-order valence-electron chi connectivity index (χ1n) is 31.7. The maximum atomic E-state index is 7.47. The molecule has 4 nitrogen and oxygen atoms in total. The Kier molecular flexibility index (Phi) is 10.9. The van der Waals surface area contributed by atoms with Gasteiger partial charge in [0.2, 0.25) is 0 Å². The average Bonchev–Trinajstić information content (AvgIpc) is 1.58. The molecule has 0 N–H and O–H groups in total. The number of fused-ring (bicyclic) bond motifs is 19. The van der Waals surface area contributed by atoms with Gasteiger partial charge in [-0.3, -0.25) is 0 Å². The van der Waals surface area contributed by atoms with Gasteiger partial charge in [-0.15, -0.1) is 0 Å². The van der Waals surface area contributed by atoms with Crippen molar-refractivity contribution < 1.29 is 4.42 Å². The zero-order chi connectivity index (χ0) is 60.6. The van der Waals surface area contributed by atoms with Crippen molar-refractivity contribution in [2.24, 2.45) is 0 Å². The fraction of sp³-hybridized carbons (Fsp3) is 0.268. The van der Waals surface area contributed by atoms with Crippen molar-refractivity contribution in [1.29, 1.82) is 0 Å². The summed E-state index contributed by atoms with van der Waals surface area (Å²) in [6.07, 6.45) is 0. The lowest BCUT2D eigenvalue weighted by atomic mass is 9.43. The highest BCUT2D eigenvalue weighted by molar-refractivity contribution is 6.94. The van der Waals surface area contributed by atoms with E-state index in [0.29, 0.717) is 0 Å². The van der Waals surface area contributed by atoms with E-state index < -0.39 is 0 Å². The van der Waals surface area contributed by atoms with Crippen LogP contribution in [0.4, 0.5) is 28.4 Å². The van der Waals surface area contributed by atoms with Crippen LogP contribution in [0.3, 0.4) is 0 Å². The topological polar surface area (TPSA) is 24.6 Å². The summed E-state index contributed by atoms with van der Waals surface area (Å²) in [5, 5.41) is 4.75. The third-order valence-electron chi connectivity index (χ3n) is 20.8. The Balaban J connectivity index is 1.03. The van der Waals surface area contributed by atoms with Crippen molar-refractivity contribution >= 4 is 90.0 Å². The molecule has 0 radical (unpaired) electrons. The van der Waals surface area contributed by atoms with Crippen LogP contribution in [0.25, 0.3) is 82.8 Å². The van der Waals surface area contributed by atoms with E-state index in [-0.39, 0.29) is 39.3 Å². The van der Waals surface area contributed by atoms with Crippen molar-refractivity contribution in [2.45, 2.75) is 143 Å². The molecule has 0 saturated carbocycles. The van der Waals surface area contributed by atoms with Gasteiger partial charge in [0.1, 0.15) is 11.2 Å². The van der Waals surface area contributed by atoms with Gasteiger partial charge >= 0.3 is 6.85 Å². The van der Waals surface area contributed by atoms with E-state index in [1.807, 2.05) is 0 Å². The summed E-state index contributed by atoms with van der Waals surface area (Å²) in [4.78, 5) is 5.22. The Morgan fingerprint density at radius 2 is 0.943 bits per heavy atom. The second-order valence-electron chi connectivity index (χ2n) is 31.0. The predicted molar refractivity (Wildman–Crippen MR) is 372 cm³/mol. The van der Waals surface area contributed by atoms with E-state index in [4.69, 9.17) is 4.42 Å². The maximum Gasteiger partial charge on any atom is 0.333 e. The minimum atomic E-state index is -0.326. The summed E-state index contributed by atoms with van der Waals surface area (Å²) >= 11 is 0. The average molecular weight is 1130 g/mol. The monoisotopic (exact) mass is 1130 g/mol. The second-order valence-corrected chi connectivity index (χ2v) is 31.0. The lowest BCUT2D eigenvalue weighted by Gasteiger charge is -2.43. The number of aromatic nitrogens is 1. The molecule has 0 fully saturated rings. The molecule has 0 atom stereocenters. The van der Waals surface area contributed by atoms with Crippen LogP contribution in [0.2, 0.25) is 0 Å². The van der Waals surface area contributed by atoms with E-state index >= 15 is 0 Å². The number of rotatable bonds is 4. The molecule has 430 valence electrons. The van der Waals surface area contributed by atoms with Gasteiger partial charge in [-0.25, -0.2) is 0 Å². The molecule has 0 spiro atoms. The highest BCUT2D eigenvalue weighted by Crippen LogP contribution is 2.59. The number of para-hydroxylation sites is 1. The van der Waals surface area contributed by atoms with Crippen molar-refractivity contribution in [3.05, 3.63) is 226 Å². The van der Waals surface area contributed by atoms with E-state index in [9.17, 15) is 0 Å². The van der Waals surface area contributed by atoms with Crippen molar-refractivity contribution in [3.63, 3.8) is 0 Å². The molecular formula is C82H78BN3O. The minimum absolute atomic E-state index is 0.0206. The van der Waals surface area contributed by atoms with Gasteiger partial charge in [-0.2, -0.15) is 0 Å². The molecule has 2 aliphatic carbocycles. The summed E-state index contributed by atoms with van der Waals surface area (Å²) in [5.74, 6) is 0. The van der Waals surface area contributed by atoms with Gasteiger partial charge in [0.25, 0.3) is 0 Å². The Morgan fingerprint density at radius 1 is 0.414 bits per heavy atom. The molecule has 5 heteroatoms. The normalized spacial score (nSPS) is 15.3. The van der Waals surface area contributed by atoms with Crippen molar-refractivity contribution in [1.82, 2.24) is 4.57 Å². The predicted octanol–water partition coefficient (Wildman–Crippen LogP) is 21.2. The van der Waals surface area contributed by atoms with Crippen LogP contribution in [-0.2, 0) is 32.5 Å². The standard InChI is InChI=1S/C82H78BN3O/c1-77(2,3)47-25-32-51(33-26-47)84(52-34-27-48(28-35-52)78(4,5)6)54-38-39-63-57(42-54)58-43-61-68(46-65(58)82(63,15)16)86(53-36-29-49(30-37-53)79(7,8)9)83-66-45-64-59(55-21-17-19-23-62(55)81(64,13)14)44-69(66)85-67-40-31-50(80(10,11)12)41-60(67)73-75(85)74(83)71(61)72-56-22-18-20-24-70(56)87-76(72)73/h17-46H,1-16H3. The molecule has 16 rings (SSSR count). The number of nitrogens with zero attached hydrogens (tertiary/aromatic N) is 3. The van der Waals surface area contributed by atoms with Gasteiger partial charge < -0.3 is 18.7 Å². The Labute approximate surface area is 514 Å². The van der Waals surface area contributed by atoms with Crippen LogP contribution in [0.1, 0.15) is 155 Å². The lowest BCUT2D eigenvalue weighted by molar-refractivity contribution is 0.590. The van der Waals surface area contributed by atoms with Gasteiger partial charge in [0.05, 0.1) is 16.4 Å². The SMILES string of the molecule is CC(C)(C)c1ccc(N2B3c4cc5c(cc4-n4c6ccc(C(C)(C)C)cc6c6c7oc8ccccc8c7c(c3c64)-c3cc4c(cc32)C(C)(C)c2ccc(N(c3ccc(C(C)(C)C)cc3)c3ccc(C(C)(C)C)cc3)cc2-4)-c2ccccc2C5(C)C)cc1. The van der Waals surface area contributed by atoms with Crippen LogP contribution in [0.15, 0.2) is 186 Å². The third kappa shape index (κ3) is 7.57. The highest BCUT2D eigenvalue weighted by Gasteiger charge is 2.49. The summed E-state index contributed by atoms with van der Waals surface area (Å²) in [6.45, 7) is 37.3. The fourth-order valence-electron chi connectivity index (χ4n) is 15.9. The quantitative estimate of drug-likeness (QED) is 0.164. The number of hydrogen-bond acceptors (Lipinski definition) is 3. The first kappa shape index (κ1) is 53.9. The van der Waals surface area contributed by atoms with Gasteiger partial charge in [0.15, 0.2) is 0 Å². The van der Waals surface area contributed by atoms with Gasteiger partial charge in [-0.1, -0.05) is 208 Å². The Bertz CT molecular complexity index is 4880. The first-order chi connectivity index (χ1) is 41.2. The molecule has 0 saturated heterocycles. The largest absolute Gasteiger partial charge is 0.455 e. The summed E-state index contributed by atoms with van der Waals surface area (Å²) in [7, 11) is 0. The number of anilines is 5. The van der Waals surface area contributed by atoms with Crippen LogP contribution in [0, 0.1) is 0 Å². The number of hydrogen-bond donors (Lipinski definition) is 0. The van der Waals surface area contributed by atoms with Crippen LogP contribution in [-0.4, -0.2) is 11.4 Å². The molecule has 2 aromatic heterocycles. The van der Waals surface area contributed by atoms with Gasteiger partial charge in [0, 0.05) is 66.7 Å². The third-order valence-corrected chi connectivity index (χ3v) is 20.8. The molecule has 4 heterocycles. The molecular weight excluding hydrogens is 1050 g/mol. The van der Waals surface area contributed by atoms with Crippen LogP contribution in [0.5, 0.6) is 0 Å². The molecule has 0 bridgehead atoms. The van der Waals surface area contributed by atoms with E-state index in [1.54, 1.807) is 0 Å². The first-order valence-corrected chi connectivity index (χ1v) is 31.7. The van der Waals surface area contributed by atoms with E-state index in [2.05, 4.69) is 307 Å². The Morgan fingerprint density at radius 3 is 1.57 bits per heavy atom. The number of furan rings is 1. The number of benzene rings is 10. The lowest BCUT2D eigenvalue weighted by Crippen LogP contribution is -2.60. The van der Waals surface area contributed by atoms with Crippen molar-refractivity contribution in [3.8, 4) is 39.1 Å². The zero-order valence-corrected chi connectivity index (χ0v) is 53.6. The van der Waals surface area contributed by atoms with Crippen molar-refractivity contribution in [2.75, 3.05) is 9.71 Å². The smallest absolute Gasteiger partial charge is 0.333 e. The molecule has 4 aliphatic rings. The molecule has 10 aromatic carbocycles. The van der Waals surface area contributed by atoms with E-state index in [0.717, 1.165) is 33.6 Å². The molecule has 0 unspecified atom stereocenters. The highest BCUT2D eigenvalue weighted by atomic mass is 16.3. The van der Waals surface area contributed by atoms with E-state index in [1.165, 1.54) is 133 Å². The van der Waals surface area contributed by atoms with Gasteiger partial charge in [-0.05, 0) is 190 Å². The summed E-state index contributed by atoms with van der Waals surface area (Å²) < 4.78 is 10.1. The molecule has 12 aromatic rings. The van der Waals surface area contributed by atoms with Crippen LogP contribution >= 0.6 is 0 Å². The Hall–Kier alpha value is -8.54. The summed E-state index contributed by atoms with van der Waals surface area (Å²) in [6, 6.07) is 71.1. The molecule has 2 aliphatic heterocycles. The van der Waals surface area contributed by atoms with Crippen LogP contribution < -0.4 is 20.6 Å². The summed E-state index contributed by atoms with van der Waals surface area (Å²) in [5.41, 5.74) is 31.8. The maximum absolute atomic E-state index is 7.47. The second kappa shape index (κ2) is 17.6.